The topological polar surface area (TPSA) is 111 Å². The van der Waals surface area contributed by atoms with Crippen LogP contribution in [0.5, 0.6) is 0 Å². The summed E-state index contributed by atoms with van der Waals surface area (Å²) in [6.45, 7) is 0. The number of nitro benzene ring substituents is 1. The van der Waals surface area contributed by atoms with E-state index in [1.165, 1.54) is 48.3 Å². The Hall–Kier alpha value is -3.81. The van der Waals surface area contributed by atoms with Crippen molar-refractivity contribution < 1.29 is 14.1 Å². The van der Waals surface area contributed by atoms with Crippen LogP contribution in [-0.2, 0) is 17.6 Å². The summed E-state index contributed by atoms with van der Waals surface area (Å²) in [5, 5.41) is 21.2. The SMILES string of the molecule is O=C(/C=C/c1cccc([N+](=O)[O-])c1)Nc1nnc(-c2ccc3c(c2)CCCC3)o1. The van der Waals surface area contributed by atoms with Crippen molar-refractivity contribution in [1.29, 1.82) is 0 Å². The Bertz CT molecular complexity index is 1100. The monoisotopic (exact) mass is 390 g/mol. The summed E-state index contributed by atoms with van der Waals surface area (Å²) < 4.78 is 5.56. The summed E-state index contributed by atoms with van der Waals surface area (Å²) in [5.41, 5.74) is 3.98. The summed E-state index contributed by atoms with van der Waals surface area (Å²) >= 11 is 0. The summed E-state index contributed by atoms with van der Waals surface area (Å²) in [5.74, 6) is -0.131. The second-order valence-corrected chi connectivity index (χ2v) is 6.78. The molecule has 0 fully saturated rings. The highest BCUT2D eigenvalue weighted by Gasteiger charge is 2.14. The third-order valence-corrected chi connectivity index (χ3v) is 4.76. The quantitative estimate of drug-likeness (QED) is 0.397. The van der Waals surface area contributed by atoms with Crippen molar-refractivity contribution >= 4 is 23.7 Å². The van der Waals surface area contributed by atoms with Gasteiger partial charge < -0.3 is 4.42 Å². The van der Waals surface area contributed by atoms with Crippen LogP contribution in [-0.4, -0.2) is 21.0 Å². The first-order chi connectivity index (χ1) is 14.1. The maximum absolute atomic E-state index is 12.1. The van der Waals surface area contributed by atoms with Crippen LogP contribution < -0.4 is 5.32 Å². The average molecular weight is 390 g/mol. The van der Waals surface area contributed by atoms with Crippen LogP contribution in [0.1, 0.15) is 29.5 Å². The predicted molar refractivity (Wildman–Crippen MR) is 107 cm³/mol. The van der Waals surface area contributed by atoms with Gasteiger partial charge in [-0.3, -0.25) is 20.2 Å². The van der Waals surface area contributed by atoms with Crippen LogP contribution in [0.25, 0.3) is 17.5 Å². The molecule has 0 aliphatic heterocycles. The lowest BCUT2D eigenvalue weighted by atomic mass is 9.90. The number of carbonyl (C=O) groups is 1. The lowest BCUT2D eigenvalue weighted by molar-refractivity contribution is -0.384. The van der Waals surface area contributed by atoms with Crippen molar-refractivity contribution in [3.05, 3.63) is 75.3 Å². The molecule has 3 aromatic rings. The van der Waals surface area contributed by atoms with Gasteiger partial charge in [-0.1, -0.05) is 23.3 Å². The molecule has 0 saturated carbocycles. The minimum Gasteiger partial charge on any atom is -0.403 e. The predicted octanol–water partition coefficient (Wildman–Crippen LogP) is 4.18. The zero-order valence-corrected chi connectivity index (χ0v) is 15.5. The molecule has 0 spiro atoms. The number of non-ortho nitro benzene ring substituents is 1. The van der Waals surface area contributed by atoms with Gasteiger partial charge >= 0.3 is 6.01 Å². The number of rotatable bonds is 5. The number of anilines is 1. The van der Waals surface area contributed by atoms with E-state index in [9.17, 15) is 14.9 Å². The molecule has 1 amide bonds. The average Bonchev–Trinajstić information content (AvgIpc) is 3.20. The molecule has 8 heteroatoms. The maximum Gasteiger partial charge on any atom is 0.322 e. The van der Waals surface area contributed by atoms with Gasteiger partial charge in [-0.15, -0.1) is 5.10 Å². The molecular formula is C21H18N4O4. The van der Waals surface area contributed by atoms with Crippen LogP contribution in [0.4, 0.5) is 11.7 Å². The molecule has 0 unspecified atom stereocenters. The van der Waals surface area contributed by atoms with Crippen LogP contribution in [0.2, 0.25) is 0 Å². The van der Waals surface area contributed by atoms with Gasteiger partial charge in [0, 0.05) is 23.8 Å². The molecule has 146 valence electrons. The second-order valence-electron chi connectivity index (χ2n) is 6.78. The van der Waals surface area contributed by atoms with Crippen molar-refractivity contribution in [1.82, 2.24) is 10.2 Å². The number of aryl methyl sites for hydroxylation is 2. The number of nitro groups is 1. The van der Waals surface area contributed by atoms with Crippen LogP contribution in [0, 0.1) is 10.1 Å². The molecule has 0 saturated heterocycles. The largest absolute Gasteiger partial charge is 0.403 e. The zero-order chi connectivity index (χ0) is 20.2. The molecule has 1 aromatic heterocycles. The molecule has 1 heterocycles. The Kier molecular flexibility index (Phi) is 5.15. The highest BCUT2D eigenvalue weighted by Crippen LogP contribution is 2.27. The van der Waals surface area contributed by atoms with Crippen molar-refractivity contribution in [3.63, 3.8) is 0 Å². The summed E-state index contributed by atoms with van der Waals surface area (Å²) in [7, 11) is 0. The van der Waals surface area contributed by atoms with E-state index in [-0.39, 0.29) is 11.7 Å². The molecular weight excluding hydrogens is 372 g/mol. The van der Waals surface area contributed by atoms with E-state index in [4.69, 9.17) is 4.42 Å². The van der Waals surface area contributed by atoms with Crippen LogP contribution >= 0.6 is 0 Å². The van der Waals surface area contributed by atoms with Gasteiger partial charge in [0.1, 0.15) is 0 Å². The van der Waals surface area contributed by atoms with E-state index in [2.05, 4.69) is 27.6 Å². The van der Waals surface area contributed by atoms with E-state index in [0.29, 0.717) is 11.5 Å². The first-order valence-electron chi connectivity index (χ1n) is 9.28. The van der Waals surface area contributed by atoms with Crippen molar-refractivity contribution in [2.45, 2.75) is 25.7 Å². The van der Waals surface area contributed by atoms with Gasteiger partial charge in [0.25, 0.3) is 11.6 Å². The van der Waals surface area contributed by atoms with Gasteiger partial charge in [0.05, 0.1) is 4.92 Å². The highest BCUT2D eigenvalue weighted by atomic mass is 16.6. The minimum atomic E-state index is -0.488. The molecule has 2 aromatic carbocycles. The smallest absolute Gasteiger partial charge is 0.322 e. The van der Waals surface area contributed by atoms with E-state index < -0.39 is 10.8 Å². The van der Waals surface area contributed by atoms with E-state index in [0.717, 1.165) is 18.4 Å². The van der Waals surface area contributed by atoms with Gasteiger partial charge in [-0.2, -0.15) is 0 Å². The molecule has 0 atom stereocenters. The van der Waals surface area contributed by atoms with E-state index >= 15 is 0 Å². The Balaban J connectivity index is 1.43. The fourth-order valence-corrected chi connectivity index (χ4v) is 3.32. The molecule has 1 aliphatic carbocycles. The van der Waals surface area contributed by atoms with Gasteiger partial charge in [-0.05, 0) is 60.6 Å². The van der Waals surface area contributed by atoms with Crippen molar-refractivity contribution in [3.8, 4) is 11.5 Å². The number of hydrogen-bond acceptors (Lipinski definition) is 6. The molecule has 0 radical (unpaired) electrons. The fourth-order valence-electron chi connectivity index (χ4n) is 3.32. The minimum absolute atomic E-state index is 0.00795. The van der Waals surface area contributed by atoms with Gasteiger partial charge in [-0.25, -0.2) is 0 Å². The lowest BCUT2D eigenvalue weighted by Crippen LogP contribution is -2.07. The maximum atomic E-state index is 12.1. The standard InChI is InChI=1S/C21H18N4O4/c26-19(11-8-14-4-3-7-18(12-14)25(27)28)22-21-24-23-20(29-21)17-10-9-15-5-1-2-6-16(15)13-17/h3-4,7-13H,1-2,5-6H2,(H,22,24,26)/b11-8+. The number of fused-ring (bicyclic) bond motifs is 1. The summed E-state index contributed by atoms with van der Waals surface area (Å²) in [6.07, 6.45) is 7.26. The fraction of sp³-hybridized carbons (Fsp3) is 0.190. The zero-order valence-electron chi connectivity index (χ0n) is 15.5. The Labute approximate surface area is 166 Å². The molecule has 8 nitrogen and oxygen atoms in total. The first-order valence-corrected chi connectivity index (χ1v) is 9.28. The number of nitrogens with one attached hydrogen (secondary N) is 1. The van der Waals surface area contributed by atoms with E-state index in [1.807, 2.05) is 6.07 Å². The van der Waals surface area contributed by atoms with Gasteiger partial charge in [0.2, 0.25) is 5.89 Å². The molecule has 1 aliphatic rings. The highest BCUT2D eigenvalue weighted by molar-refractivity contribution is 6.00. The summed E-state index contributed by atoms with van der Waals surface area (Å²) in [6, 6.07) is 12.1. The number of aromatic nitrogens is 2. The van der Waals surface area contributed by atoms with Crippen molar-refractivity contribution in [2.24, 2.45) is 0 Å². The third-order valence-electron chi connectivity index (χ3n) is 4.76. The second kappa shape index (κ2) is 8.05. The normalized spacial score (nSPS) is 13.2. The third kappa shape index (κ3) is 4.37. The first kappa shape index (κ1) is 18.5. The molecule has 4 rings (SSSR count). The summed E-state index contributed by atoms with van der Waals surface area (Å²) in [4.78, 5) is 22.4. The Morgan fingerprint density at radius 2 is 1.93 bits per heavy atom. The number of carbonyl (C=O) groups excluding carboxylic acids is 1. The lowest BCUT2D eigenvalue weighted by Gasteiger charge is -2.15. The van der Waals surface area contributed by atoms with Crippen molar-refractivity contribution in [2.75, 3.05) is 5.32 Å². The Morgan fingerprint density at radius 1 is 1.10 bits per heavy atom. The van der Waals surface area contributed by atoms with Gasteiger partial charge in [0.15, 0.2) is 0 Å². The number of nitrogens with zero attached hydrogens (tertiary/aromatic N) is 3. The van der Waals surface area contributed by atoms with Crippen LogP contribution in [0.3, 0.4) is 0 Å². The van der Waals surface area contributed by atoms with Crippen LogP contribution in [0.15, 0.2) is 53.0 Å². The number of amides is 1. The number of hydrogen-bond donors (Lipinski definition) is 1. The molecule has 1 N–H and O–H groups in total. The molecule has 29 heavy (non-hydrogen) atoms. The number of benzene rings is 2. The Morgan fingerprint density at radius 3 is 2.76 bits per heavy atom. The van der Waals surface area contributed by atoms with E-state index in [1.54, 1.807) is 12.1 Å². The molecule has 0 bridgehead atoms.